The number of ether oxygens (including phenoxy) is 1. The van der Waals surface area contributed by atoms with Gasteiger partial charge in [-0.1, -0.05) is 0 Å². The first-order valence-corrected chi connectivity index (χ1v) is 6.53. The lowest BCUT2D eigenvalue weighted by atomic mass is 10.2. The van der Waals surface area contributed by atoms with Gasteiger partial charge < -0.3 is 15.0 Å². The third-order valence-corrected chi connectivity index (χ3v) is 3.56. The molecule has 0 bridgehead atoms. The van der Waals surface area contributed by atoms with Gasteiger partial charge in [0, 0.05) is 45.3 Å². The zero-order chi connectivity index (χ0) is 12.3. The van der Waals surface area contributed by atoms with E-state index in [1.54, 1.807) is 0 Å². The van der Waals surface area contributed by atoms with E-state index in [9.17, 15) is 4.79 Å². The standard InChI is InChI=1S/C12H23N3O2/c1-10(2)14-4-6-15(7-5-14)12(16)11-9-13-3-8-17-11/h10-11,13H,3-9H2,1-2H3. The highest BCUT2D eigenvalue weighted by molar-refractivity contribution is 5.81. The molecule has 1 atom stereocenters. The normalized spacial score (nSPS) is 27.5. The van der Waals surface area contributed by atoms with E-state index in [2.05, 4.69) is 24.1 Å². The van der Waals surface area contributed by atoms with Crippen LogP contribution in [0.1, 0.15) is 13.8 Å². The number of rotatable bonds is 2. The van der Waals surface area contributed by atoms with Gasteiger partial charge in [0.15, 0.2) is 0 Å². The van der Waals surface area contributed by atoms with Gasteiger partial charge in [0.05, 0.1) is 6.61 Å². The van der Waals surface area contributed by atoms with E-state index < -0.39 is 0 Å². The van der Waals surface area contributed by atoms with E-state index in [1.165, 1.54) is 0 Å². The zero-order valence-electron chi connectivity index (χ0n) is 10.8. The Balaban J connectivity index is 1.81. The van der Waals surface area contributed by atoms with Crippen molar-refractivity contribution in [2.45, 2.75) is 26.0 Å². The molecule has 0 aromatic heterocycles. The topological polar surface area (TPSA) is 44.8 Å². The van der Waals surface area contributed by atoms with Gasteiger partial charge in [0.1, 0.15) is 6.10 Å². The summed E-state index contributed by atoms with van der Waals surface area (Å²) < 4.78 is 5.50. The van der Waals surface area contributed by atoms with E-state index in [1.807, 2.05) is 4.90 Å². The van der Waals surface area contributed by atoms with E-state index in [0.717, 1.165) is 32.7 Å². The van der Waals surface area contributed by atoms with Gasteiger partial charge in [-0.3, -0.25) is 9.69 Å². The average Bonchev–Trinajstić information content (AvgIpc) is 2.39. The molecule has 0 aliphatic carbocycles. The summed E-state index contributed by atoms with van der Waals surface area (Å²) in [5.74, 6) is 0.153. The second kappa shape index (κ2) is 5.80. The second-order valence-electron chi connectivity index (χ2n) is 5.02. The Kier molecular flexibility index (Phi) is 4.36. The van der Waals surface area contributed by atoms with Crippen LogP contribution in [0.2, 0.25) is 0 Å². The van der Waals surface area contributed by atoms with Gasteiger partial charge in [0.2, 0.25) is 0 Å². The monoisotopic (exact) mass is 241 g/mol. The van der Waals surface area contributed by atoms with Crippen LogP contribution in [0.25, 0.3) is 0 Å². The first kappa shape index (κ1) is 12.8. The minimum absolute atomic E-state index is 0.153. The molecule has 2 heterocycles. The highest BCUT2D eigenvalue weighted by Gasteiger charge is 2.29. The van der Waals surface area contributed by atoms with Crippen LogP contribution in [0.3, 0.4) is 0 Å². The van der Waals surface area contributed by atoms with E-state index in [4.69, 9.17) is 4.74 Å². The molecule has 0 saturated carbocycles. The SMILES string of the molecule is CC(C)N1CCN(C(=O)C2CNCCO2)CC1. The molecule has 17 heavy (non-hydrogen) atoms. The van der Waals surface area contributed by atoms with Gasteiger partial charge in [-0.2, -0.15) is 0 Å². The quantitative estimate of drug-likeness (QED) is 0.710. The Morgan fingerprint density at radius 3 is 2.53 bits per heavy atom. The van der Waals surface area contributed by atoms with Crippen LogP contribution in [0, 0.1) is 0 Å². The van der Waals surface area contributed by atoms with Crippen LogP contribution < -0.4 is 5.32 Å². The second-order valence-corrected chi connectivity index (χ2v) is 5.02. The largest absolute Gasteiger partial charge is 0.366 e. The summed E-state index contributed by atoms with van der Waals surface area (Å²) in [6.45, 7) is 10.2. The Labute approximate surface area is 103 Å². The summed E-state index contributed by atoms with van der Waals surface area (Å²) in [7, 11) is 0. The fraction of sp³-hybridized carbons (Fsp3) is 0.917. The van der Waals surface area contributed by atoms with E-state index in [-0.39, 0.29) is 12.0 Å². The van der Waals surface area contributed by atoms with Crippen molar-refractivity contribution < 1.29 is 9.53 Å². The van der Waals surface area contributed by atoms with Crippen molar-refractivity contribution in [3.05, 3.63) is 0 Å². The summed E-state index contributed by atoms with van der Waals surface area (Å²) in [4.78, 5) is 16.5. The molecule has 5 heteroatoms. The maximum atomic E-state index is 12.2. The molecule has 2 rings (SSSR count). The minimum Gasteiger partial charge on any atom is -0.366 e. The van der Waals surface area contributed by atoms with Crippen LogP contribution in [0.5, 0.6) is 0 Å². The van der Waals surface area contributed by atoms with Crippen molar-refractivity contribution >= 4 is 5.91 Å². The van der Waals surface area contributed by atoms with Gasteiger partial charge in [-0.15, -0.1) is 0 Å². The van der Waals surface area contributed by atoms with Crippen molar-refractivity contribution in [2.75, 3.05) is 45.9 Å². The Bertz CT molecular complexity index is 256. The van der Waals surface area contributed by atoms with Gasteiger partial charge in [-0.25, -0.2) is 0 Å². The predicted molar refractivity (Wildman–Crippen MR) is 65.9 cm³/mol. The van der Waals surface area contributed by atoms with Crippen molar-refractivity contribution in [1.29, 1.82) is 0 Å². The number of amides is 1. The fourth-order valence-corrected chi connectivity index (χ4v) is 2.39. The molecule has 98 valence electrons. The van der Waals surface area contributed by atoms with E-state index in [0.29, 0.717) is 19.2 Å². The van der Waals surface area contributed by atoms with Gasteiger partial charge in [0.25, 0.3) is 5.91 Å². The third-order valence-electron chi connectivity index (χ3n) is 3.56. The van der Waals surface area contributed by atoms with E-state index >= 15 is 0 Å². The van der Waals surface area contributed by atoms with Gasteiger partial charge >= 0.3 is 0 Å². The Morgan fingerprint density at radius 1 is 1.29 bits per heavy atom. The number of carbonyl (C=O) groups is 1. The maximum absolute atomic E-state index is 12.2. The molecule has 0 radical (unpaired) electrons. The minimum atomic E-state index is -0.269. The number of carbonyl (C=O) groups excluding carboxylic acids is 1. The summed E-state index contributed by atoms with van der Waals surface area (Å²) in [5.41, 5.74) is 0. The molecule has 1 N–H and O–H groups in total. The molecule has 2 aliphatic rings. The van der Waals surface area contributed by atoms with Crippen molar-refractivity contribution in [1.82, 2.24) is 15.1 Å². The first-order valence-electron chi connectivity index (χ1n) is 6.53. The van der Waals surface area contributed by atoms with Crippen molar-refractivity contribution in [2.24, 2.45) is 0 Å². The number of nitrogens with zero attached hydrogens (tertiary/aromatic N) is 2. The molecule has 0 spiro atoms. The van der Waals surface area contributed by atoms with Crippen molar-refractivity contribution in [3.8, 4) is 0 Å². The lowest BCUT2D eigenvalue weighted by Gasteiger charge is -2.38. The van der Waals surface area contributed by atoms with Crippen LogP contribution in [0.4, 0.5) is 0 Å². The summed E-state index contributed by atoms with van der Waals surface area (Å²) >= 11 is 0. The number of morpholine rings is 1. The molecular formula is C12H23N3O2. The summed E-state index contributed by atoms with van der Waals surface area (Å²) in [6.07, 6.45) is -0.269. The van der Waals surface area contributed by atoms with Crippen LogP contribution in [-0.2, 0) is 9.53 Å². The summed E-state index contributed by atoms with van der Waals surface area (Å²) in [6, 6.07) is 0.569. The zero-order valence-corrected chi connectivity index (χ0v) is 10.8. The molecule has 0 aromatic carbocycles. The molecule has 2 fully saturated rings. The van der Waals surface area contributed by atoms with Gasteiger partial charge in [-0.05, 0) is 13.8 Å². The Hall–Kier alpha value is -0.650. The molecule has 2 saturated heterocycles. The van der Waals surface area contributed by atoms with Crippen molar-refractivity contribution in [3.63, 3.8) is 0 Å². The number of piperazine rings is 1. The lowest BCUT2D eigenvalue weighted by Crippen LogP contribution is -2.56. The fourth-order valence-electron chi connectivity index (χ4n) is 2.39. The predicted octanol–water partition coefficient (Wildman–Crippen LogP) is -0.473. The molecule has 1 amide bonds. The molecule has 2 aliphatic heterocycles. The molecule has 1 unspecified atom stereocenters. The van der Waals surface area contributed by atoms with Crippen LogP contribution in [-0.4, -0.2) is 73.7 Å². The maximum Gasteiger partial charge on any atom is 0.253 e. The lowest BCUT2D eigenvalue weighted by molar-refractivity contribution is -0.147. The molecule has 5 nitrogen and oxygen atoms in total. The summed E-state index contributed by atoms with van der Waals surface area (Å²) in [5, 5.41) is 3.20. The third kappa shape index (κ3) is 3.18. The van der Waals surface area contributed by atoms with Crippen LogP contribution in [0.15, 0.2) is 0 Å². The first-order chi connectivity index (χ1) is 8.18. The number of hydrogen-bond acceptors (Lipinski definition) is 4. The highest BCUT2D eigenvalue weighted by atomic mass is 16.5. The highest BCUT2D eigenvalue weighted by Crippen LogP contribution is 2.09. The number of hydrogen-bond donors (Lipinski definition) is 1. The number of nitrogens with one attached hydrogen (secondary N) is 1. The van der Waals surface area contributed by atoms with Crippen LogP contribution >= 0.6 is 0 Å². The smallest absolute Gasteiger partial charge is 0.253 e. The Morgan fingerprint density at radius 2 is 2.00 bits per heavy atom. The molecular weight excluding hydrogens is 218 g/mol. The molecule has 0 aromatic rings. The average molecular weight is 241 g/mol.